The van der Waals surface area contributed by atoms with Crippen molar-refractivity contribution < 1.29 is 9.47 Å². The van der Waals surface area contributed by atoms with Crippen molar-refractivity contribution in [2.45, 2.75) is 19.4 Å². The number of hydrogen-bond donors (Lipinski definition) is 1. The number of guanidine groups is 1. The maximum atomic E-state index is 5.68. The highest BCUT2D eigenvalue weighted by Crippen LogP contribution is 2.31. The zero-order valence-electron chi connectivity index (χ0n) is 16.0. The topological polar surface area (TPSA) is 49.3 Å². The van der Waals surface area contributed by atoms with Crippen LogP contribution in [-0.4, -0.2) is 69.8 Å². The first-order chi connectivity index (χ1) is 12.2. The normalized spacial score (nSPS) is 20.3. The number of nitrogens with zero attached hydrogens (tertiary/aromatic N) is 3. The van der Waals surface area contributed by atoms with Crippen LogP contribution in [0.25, 0.3) is 0 Å². The number of rotatable bonds is 4. The van der Waals surface area contributed by atoms with Crippen LogP contribution in [0.1, 0.15) is 18.4 Å². The van der Waals surface area contributed by atoms with E-state index >= 15 is 0 Å². The van der Waals surface area contributed by atoms with Gasteiger partial charge in [-0.15, -0.1) is 24.0 Å². The summed E-state index contributed by atoms with van der Waals surface area (Å²) in [5, 5.41) is 3.54. The third-order valence-corrected chi connectivity index (χ3v) is 4.87. The Labute approximate surface area is 173 Å². The third-order valence-electron chi connectivity index (χ3n) is 4.87. The van der Waals surface area contributed by atoms with Gasteiger partial charge in [0.25, 0.3) is 0 Å². The number of halogens is 1. The van der Waals surface area contributed by atoms with Crippen molar-refractivity contribution in [3.05, 3.63) is 23.8 Å². The highest BCUT2D eigenvalue weighted by Gasteiger charge is 2.18. The largest absolute Gasteiger partial charge is 0.486 e. The second-order valence-electron chi connectivity index (χ2n) is 7.03. The van der Waals surface area contributed by atoms with Gasteiger partial charge < -0.3 is 24.6 Å². The lowest BCUT2D eigenvalue weighted by molar-refractivity contribution is 0.171. The minimum atomic E-state index is 0. The summed E-state index contributed by atoms with van der Waals surface area (Å²) in [6, 6.07) is 6.15. The van der Waals surface area contributed by atoms with E-state index in [4.69, 9.17) is 9.47 Å². The zero-order valence-corrected chi connectivity index (χ0v) is 18.4. The van der Waals surface area contributed by atoms with Gasteiger partial charge in [-0.3, -0.25) is 4.99 Å². The summed E-state index contributed by atoms with van der Waals surface area (Å²) < 4.78 is 11.3. The molecular weight excluding hydrogens is 443 g/mol. The minimum Gasteiger partial charge on any atom is -0.486 e. The molecule has 0 spiro atoms. The summed E-state index contributed by atoms with van der Waals surface area (Å²) in [6.45, 7) is 5.37. The molecule has 0 saturated carbocycles. The standard InChI is InChI=1S/C19H30N4O2.HI/c1-20-19(21-12-16-5-4-8-22(2)13-16)23(3)14-15-6-7-17-18(11-15)25-10-9-24-17;/h6-7,11,16H,4-5,8-10,12-14H2,1-3H3,(H,20,21);1H. The van der Waals surface area contributed by atoms with E-state index < -0.39 is 0 Å². The molecule has 0 amide bonds. The molecule has 1 aromatic rings. The summed E-state index contributed by atoms with van der Waals surface area (Å²) >= 11 is 0. The van der Waals surface area contributed by atoms with Crippen molar-refractivity contribution in [2.24, 2.45) is 10.9 Å². The van der Waals surface area contributed by atoms with E-state index in [2.05, 4.69) is 46.3 Å². The Morgan fingerprint density at radius 1 is 1.31 bits per heavy atom. The molecule has 146 valence electrons. The molecule has 6 nitrogen and oxygen atoms in total. The van der Waals surface area contributed by atoms with E-state index in [0.29, 0.717) is 19.1 Å². The van der Waals surface area contributed by atoms with Gasteiger partial charge in [-0.2, -0.15) is 0 Å². The van der Waals surface area contributed by atoms with E-state index in [1.165, 1.54) is 24.9 Å². The molecule has 0 aromatic heterocycles. The Hall–Kier alpha value is -1.22. The van der Waals surface area contributed by atoms with Crippen molar-refractivity contribution >= 4 is 29.9 Å². The van der Waals surface area contributed by atoms with Crippen LogP contribution in [0.2, 0.25) is 0 Å². The summed E-state index contributed by atoms with van der Waals surface area (Å²) in [5.41, 5.74) is 1.19. The highest BCUT2D eigenvalue weighted by atomic mass is 127. The van der Waals surface area contributed by atoms with Crippen LogP contribution in [-0.2, 0) is 6.54 Å². The lowest BCUT2D eigenvalue weighted by atomic mass is 9.98. The minimum absolute atomic E-state index is 0. The number of nitrogens with one attached hydrogen (secondary N) is 1. The summed E-state index contributed by atoms with van der Waals surface area (Å²) in [4.78, 5) is 9.00. The Morgan fingerprint density at radius 3 is 2.81 bits per heavy atom. The molecule has 0 bridgehead atoms. The molecule has 1 unspecified atom stereocenters. The van der Waals surface area contributed by atoms with Gasteiger partial charge >= 0.3 is 0 Å². The van der Waals surface area contributed by atoms with Gasteiger partial charge in [-0.05, 0) is 50.0 Å². The van der Waals surface area contributed by atoms with Crippen LogP contribution in [0.15, 0.2) is 23.2 Å². The molecule has 1 saturated heterocycles. The van der Waals surface area contributed by atoms with Crippen molar-refractivity contribution in [1.29, 1.82) is 0 Å². The quantitative estimate of drug-likeness (QED) is 0.413. The van der Waals surface area contributed by atoms with Gasteiger partial charge in [-0.25, -0.2) is 0 Å². The number of hydrogen-bond acceptors (Lipinski definition) is 4. The van der Waals surface area contributed by atoms with E-state index in [1.54, 1.807) is 0 Å². The van der Waals surface area contributed by atoms with Crippen molar-refractivity contribution in [1.82, 2.24) is 15.1 Å². The molecule has 1 fully saturated rings. The summed E-state index contributed by atoms with van der Waals surface area (Å²) in [6.07, 6.45) is 2.58. The fourth-order valence-electron chi connectivity index (χ4n) is 3.60. The van der Waals surface area contributed by atoms with E-state index in [-0.39, 0.29) is 24.0 Å². The molecule has 0 aliphatic carbocycles. The SMILES string of the molecule is CN=C(NCC1CCCN(C)C1)N(C)Cc1ccc2c(c1)OCCO2.I. The molecule has 2 heterocycles. The van der Waals surface area contributed by atoms with Crippen LogP contribution in [0, 0.1) is 5.92 Å². The van der Waals surface area contributed by atoms with E-state index in [9.17, 15) is 0 Å². The van der Waals surface area contributed by atoms with Gasteiger partial charge in [0.1, 0.15) is 13.2 Å². The van der Waals surface area contributed by atoms with Gasteiger partial charge in [0.05, 0.1) is 0 Å². The van der Waals surface area contributed by atoms with Gasteiger partial charge in [0, 0.05) is 33.7 Å². The van der Waals surface area contributed by atoms with Gasteiger partial charge in [0.15, 0.2) is 17.5 Å². The number of piperidine rings is 1. The molecule has 3 rings (SSSR count). The van der Waals surface area contributed by atoms with E-state index in [1.807, 2.05) is 13.1 Å². The number of aliphatic imine (C=N–C) groups is 1. The first kappa shape index (κ1) is 21.1. The second kappa shape index (κ2) is 10.2. The Kier molecular flexibility index (Phi) is 8.27. The second-order valence-corrected chi connectivity index (χ2v) is 7.03. The van der Waals surface area contributed by atoms with Crippen LogP contribution in [0.4, 0.5) is 0 Å². The molecular formula is C19H31IN4O2. The number of likely N-dealkylation sites (tertiary alicyclic amines) is 1. The lowest BCUT2D eigenvalue weighted by Crippen LogP contribution is -2.44. The third kappa shape index (κ3) is 5.64. The first-order valence-corrected chi connectivity index (χ1v) is 9.14. The average Bonchev–Trinajstić information content (AvgIpc) is 2.62. The van der Waals surface area contributed by atoms with E-state index in [0.717, 1.165) is 37.1 Å². The maximum Gasteiger partial charge on any atom is 0.193 e. The fraction of sp³-hybridized carbons (Fsp3) is 0.632. The van der Waals surface area contributed by atoms with Crippen LogP contribution in [0.3, 0.4) is 0 Å². The molecule has 2 aliphatic heterocycles. The molecule has 0 radical (unpaired) electrons. The Balaban J connectivity index is 0.00000243. The monoisotopic (exact) mass is 474 g/mol. The molecule has 2 aliphatic rings. The van der Waals surface area contributed by atoms with Crippen molar-refractivity contribution in [3.8, 4) is 11.5 Å². The molecule has 1 N–H and O–H groups in total. The van der Waals surface area contributed by atoms with Gasteiger partial charge in [0.2, 0.25) is 0 Å². The predicted octanol–water partition coefficient (Wildman–Crippen LogP) is 2.42. The van der Waals surface area contributed by atoms with Gasteiger partial charge in [-0.1, -0.05) is 6.07 Å². The summed E-state index contributed by atoms with van der Waals surface area (Å²) in [7, 11) is 6.11. The van der Waals surface area contributed by atoms with Crippen LogP contribution >= 0.6 is 24.0 Å². The fourth-order valence-corrected chi connectivity index (χ4v) is 3.60. The number of benzene rings is 1. The first-order valence-electron chi connectivity index (χ1n) is 9.14. The number of fused-ring (bicyclic) bond motifs is 1. The van der Waals surface area contributed by atoms with Crippen LogP contribution < -0.4 is 14.8 Å². The molecule has 1 atom stereocenters. The lowest BCUT2D eigenvalue weighted by Gasteiger charge is -2.31. The Morgan fingerprint density at radius 2 is 2.08 bits per heavy atom. The molecule has 7 heteroatoms. The van der Waals surface area contributed by atoms with Crippen molar-refractivity contribution in [3.63, 3.8) is 0 Å². The predicted molar refractivity (Wildman–Crippen MR) is 116 cm³/mol. The highest BCUT2D eigenvalue weighted by molar-refractivity contribution is 14.0. The maximum absolute atomic E-state index is 5.68. The number of ether oxygens (including phenoxy) is 2. The molecule has 1 aromatic carbocycles. The summed E-state index contributed by atoms with van der Waals surface area (Å²) in [5.74, 6) is 3.30. The zero-order chi connectivity index (χ0) is 17.6. The average molecular weight is 474 g/mol. The smallest absolute Gasteiger partial charge is 0.193 e. The Bertz CT molecular complexity index is 611. The molecule has 26 heavy (non-hydrogen) atoms. The van der Waals surface area contributed by atoms with Crippen LogP contribution in [0.5, 0.6) is 11.5 Å². The van der Waals surface area contributed by atoms with Crippen molar-refractivity contribution in [2.75, 3.05) is 54.0 Å².